The van der Waals surface area contributed by atoms with Gasteiger partial charge in [0.15, 0.2) is 0 Å². The third kappa shape index (κ3) is 1.94. The van der Waals surface area contributed by atoms with Gasteiger partial charge in [0.05, 0.1) is 12.1 Å². The quantitative estimate of drug-likeness (QED) is 0.596. The van der Waals surface area contributed by atoms with Gasteiger partial charge in [-0.2, -0.15) is 0 Å². The average molecular weight is 274 g/mol. The molecule has 0 bridgehead atoms. The van der Waals surface area contributed by atoms with E-state index in [0.717, 1.165) is 27.2 Å². The molecule has 0 aliphatic rings. The summed E-state index contributed by atoms with van der Waals surface area (Å²) in [6.45, 7) is 0.596. The molecule has 0 aliphatic carbocycles. The van der Waals surface area contributed by atoms with Crippen LogP contribution in [0.5, 0.6) is 0 Å². The summed E-state index contributed by atoms with van der Waals surface area (Å²) in [5, 5.41) is 2.86. The summed E-state index contributed by atoms with van der Waals surface area (Å²) in [4.78, 5) is 15.9. The minimum Gasteiger partial charge on any atom is -0.361 e. The van der Waals surface area contributed by atoms with E-state index in [1.54, 1.807) is 4.57 Å². The molecular formula is C18H14N2O. The zero-order valence-electron chi connectivity index (χ0n) is 11.4. The molecule has 2 aromatic carbocycles. The maximum Gasteiger partial charge on any atom is 0.258 e. The van der Waals surface area contributed by atoms with Crippen molar-refractivity contribution in [1.82, 2.24) is 9.55 Å². The van der Waals surface area contributed by atoms with Gasteiger partial charge in [0.25, 0.3) is 5.56 Å². The van der Waals surface area contributed by atoms with Gasteiger partial charge in [0.1, 0.15) is 0 Å². The standard InChI is InChI=1S/C18H14N2O/c21-18-16-7-6-14-8-10-19-17(14)15(16)9-11-20(18)12-13-4-2-1-3-5-13/h1-11,19H,12H2. The van der Waals surface area contributed by atoms with Crippen molar-refractivity contribution in [3.05, 3.63) is 82.9 Å². The molecule has 4 rings (SSSR count). The first kappa shape index (κ1) is 12.0. The smallest absolute Gasteiger partial charge is 0.258 e. The number of hydrogen-bond acceptors (Lipinski definition) is 1. The molecule has 0 saturated carbocycles. The van der Waals surface area contributed by atoms with Gasteiger partial charge in [-0.15, -0.1) is 0 Å². The van der Waals surface area contributed by atoms with E-state index < -0.39 is 0 Å². The van der Waals surface area contributed by atoms with Gasteiger partial charge < -0.3 is 9.55 Å². The molecule has 2 aromatic heterocycles. The van der Waals surface area contributed by atoms with Crippen molar-refractivity contribution in [3.63, 3.8) is 0 Å². The largest absolute Gasteiger partial charge is 0.361 e. The number of aromatic nitrogens is 2. The molecule has 0 aliphatic heterocycles. The third-order valence-electron chi connectivity index (χ3n) is 3.88. The normalized spacial score (nSPS) is 11.2. The van der Waals surface area contributed by atoms with E-state index in [2.05, 4.69) is 4.98 Å². The minimum absolute atomic E-state index is 0.0489. The Hall–Kier alpha value is -2.81. The van der Waals surface area contributed by atoms with Gasteiger partial charge in [-0.25, -0.2) is 0 Å². The van der Waals surface area contributed by atoms with Crippen molar-refractivity contribution in [2.75, 3.05) is 0 Å². The highest BCUT2D eigenvalue weighted by atomic mass is 16.1. The third-order valence-corrected chi connectivity index (χ3v) is 3.88. The monoisotopic (exact) mass is 274 g/mol. The number of benzene rings is 2. The van der Waals surface area contributed by atoms with Gasteiger partial charge >= 0.3 is 0 Å². The van der Waals surface area contributed by atoms with Crippen molar-refractivity contribution in [1.29, 1.82) is 0 Å². The lowest BCUT2D eigenvalue weighted by molar-refractivity contribution is 0.768. The summed E-state index contributed by atoms with van der Waals surface area (Å²) in [6.07, 6.45) is 3.78. The molecular weight excluding hydrogens is 260 g/mol. The van der Waals surface area contributed by atoms with E-state index in [1.807, 2.05) is 67.0 Å². The molecule has 4 aromatic rings. The fraction of sp³-hybridized carbons (Fsp3) is 0.0556. The van der Waals surface area contributed by atoms with Crippen molar-refractivity contribution in [3.8, 4) is 0 Å². The molecule has 1 N–H and O–H groups in total. The lowest BCUT2D eigenvalue weighted by atomic mass is 10.1. The zero-order chi connectivity index (χ0) is 14.2. The summed E-state index contributed by atoms with van der Waals surface area (Å²) in [7, 11) is 0. The van der Waals surface area contributed by atoms with Crippen LogP contribution in [0.1, 0.15) is 5.56 Å². The first-order chi connectivity index (χ1) is 10.3. The lowest BCUT2D eigenvalue weighted by Gasteiger charge is -2.08. The Balaban J connectivity index is 1.90. The van der Waals surface area contributed by atoms with Gasteiger partial charge in [0.2, 0.25) is 0 Å². The van der Waals surface area contributed by atoms with E-state index in [9.17, 15) is 4.79 Å². The van der Waals surface area contributed by atoms with Crippen LogP contribution >= 0.6 is 0 Å². The van der Waals surface area contributed by atoms with Crippen LogP contribution in [0, 0.1) is 0 Å². The highest BCUT2D eigenvalue weighted by Crippen LogP contribution is 2.21. The number of hydrogen-bond donors (Lipinski definition) is 1. The second kappa shape index (κ2) is 4.63. The SMILES string of the molecule is O=c1c2ccc3cc[nH]c3c2ccn1Cc1ccccc1. The summed E-state index contributed by atoms with van der Waals surface area (Å²) in [5.41, 5.74) is 2.20. The van der Waals surface area contributed by atoms with Gasteiger partial charge in [0, 0.05) is 28.6 Å². The first-order valence-electron chi connectivity index (χ1n) is 6.96. The molecule has 0 spiro atoms. The number of rotatable bonds is 2. The van der Waals surface area contributed by atoms with E-state index in [-0.39, 0.29) is 5.56 Å². The summed E-state index contributed by atoms with van der Waals surface area (Å²) < 4.78 is 1.76. The Morgan fingerprint density at radius 1 is 0.905 bits per heavy atom. The van der Waals surface area contributed by atoms with E-state index in [4.69, 9.17) is 0 Å². The van der Waals surface area contributed by atoms with Crippen LogP contribution in [-0.4, -0.2) is 9.55 Å². The molecule has 3 heteroatoms. The fourth-order valence-corrected chi connectivity index (χ4v) is 2.80. The molecule has 0 amide bonds. The average Bonchev–Trinajstić information content (AvgIpc) is 3.00. The number of nitrogens with zero attached hydrogens (tertiary/aromatic N) is 1. The Morgan fingerprint density at radius 3 is 2.62 bits per heavy atom. The number of pyridine rings is 1. The summed E-state index contributed by atoms with van der Waals surface area (Å²) in [5.74, 6) is 0. The molecule has 0 saturated heterocycles. The Kier molecular flexibility index (Phi) is 2.64. The number of H-pyrrole nitrogens is 1. The van der Waals surface area contributed by atoms with Crippen LogP contribution < -0.4 is 5.56 Å². The molecule has 2 heterocycles. The zero-order valence-corrected chi connectivity index (χ0v) is 11.4. The Morgan fingerprint density at radius 2 is 1.76 bits per heavy atom. The van der Waals surface area contributed by atoms with Gasteiger partial charge in [-0.3, -0.25) is 4.79 Å². The van der Waals surface area contributed by atoms with Crippen molar-refractivity contribution >= 4 is 21.7 Å². The molecule has 21 heavy (non-hydrogen) atoms. The lowest BCUT2D eigenvalue weighted by Crippen LogP contribution is -2.20. The summed E-state index contributed by atoms with van der Waals surface area (Å²) in [6, 6.07) is 18.0. The Labute approximate surface area is 121 Å². The molecule has 0 fully saturated rings. The first-order valence-corrected chi connectivity index (χ1v) is 6.96. The topological polar surface area (TPSA) is 37.8 Å². The molecule has 0 atom stereocenters. The van der Waals surface area contributed by atoms with Crippen LogP contribution in [0.2, 0.25) is 0 Å². The van der Waals surface area contributed by atoms with E-state index >= 15 is 0 Å². The Bertz CT molecular complexity index is 980. The van der Waals surface area contributed by atoms with Crippen LogP contribution in [0.25, 0.3) is 21.7 Å². The number of fused-ring (bicyclic) bond motifs is 3. The molecule has 0 unspecified atom stereocenters. The maximum atomic E-state index is 12.6. The second-order valence-electron chi connectivity index (χ2n) is 5.20. The molecule has 0 radical (unpaired) electrons. The van der Waals surface area contributed by atoms with Gasteiger partial charge in [-0.1, -0.05) is 36.4 Å². The van der Waals surface area contributed by atoms with Crippen molar-refractivity contribution < 1.29 is 0 Å². The predicted molar refractivity (Wildman–Crippen MR) is 85.6 cm³/mol. The van der Waals surface area contributed by atoms with Crippen LogP contribution in [0.15, 0.2) is 71.8 Å². The number of aromatic amines is 1. The van der Waals surface area contributed by atoms with Crippen LogP contribution in [0.3, 0.4) is 0 Å². The van der Waals surface area contributed by atoms with Crippen molar-refractivity contribution in [2.24, 2.45) is 0 Å². The number of nitrogens with one attached hydrogen (secondary N) is 1. The van der Waals surface area contributed by atoms with Crippen LogP contribution in [-0.2, 0) is 6.54 Å². The van der Waals surface area contributed by atoms with E-state index in [1.165, 1.54) is 0 Å². The van der Waals surface area contributed by atoms with Crippen LogP contribution in [0.4, 0.5) is 0 Å². The highest BCUT2D eigenvalue weighted by molar-refractivity contribution is 6.04. The maximum absolute atomic E-state index is 12.6. The summed E-state index contributed by atoms with van der Waals surface area (Å²) >= 11 is 0. The fourth-order valence-electron chi connectivity index (χ4n) is 2.80. The minimum atomic E-state index is 0.0489. The molecule has 102 valence electrons. The highest BCUT2D eigenvalue weighted by Gasteiger charge is 2.07. The van der Waals surface area contributed by atoms with Gasteiger partial charge in [-0.05, 0) is 23.8 Å². The predicted octanol–water partition coefficient (Wildman–Crippen LogP) is 3.53. The molecule has 3 nitrogen and oxygen atoms in total. The van der Waals surface area contributed by atoms with Crippen molar-refractivity contribution in [2.45, 2.75) is 6.54 Å². The second-order valence-corrected chi connectivity index (χ2v) is 5.20. The van der Waals surface area contributed by atoms with E-state index in [0.29, 0.717) is 6.54 Å².